The van der Waals surface area contributed by atoms with Gasteiger partial charge in [0.2, 0.25) is 5.91 Å². The van der Waals surface area contributed by atoms with Gasteiger partial charge in [-0.2, -0.15) is 0 Å². The lowest BCUT2D eigenvalue weighted by atomic mass is 9.81. The molecule has 3 rings (SSSR count). The van der Waals surface area contributed by atoms with Gasteiger partial charge in [-0.05, 0) is 31.0 Å². The summed E-state index contributed by atoms with van der Waals surface area (Å²) in [5, 5.41) is 0. The Balaban J connectivity index is 2.06. The van der Waals surface area contributed by atoms with Crippen molar-refractivity contribution in [2.75, 3.05) is 6.61 Å². The van der Waals surface area contributed by atoms with Gasteiger partial charge in [0.15, 0.2) is 0 Å². The molecule has 0 saturated carbocycles. The lowest BCUT2D eigenvalue weighted by molar-refractivity contribution is -0.139. The molecule has 2 aromatic rings. The number of hydrogen-bond donors (Lipinski definition) is 0. The van der Waals surface area contributed by atoms with Gasteiger partial charge in [0.25, 0.3) is 0 Å². The SMILES string of the molecule is C=CCOC(=O)C1=C(C)N(Cc2ccc(F)cc2F)C(=O)C[C@H]1c1ccccc1C. The van der Waals surface area contributed by atoms with Crippen molar-refractivity contribution in [2.24, 2.45) is 0 Å². The standard InChI is InChI=1S/C24H23F2NO3/c1-4-11-30-24(29)23-16(3)27(14-17-9-10-18(25)12-21(17)26)22(28)13-20(23)19-8-6-5-7-15(19)2/h4-10,12,20H,1,11,13-14H2,2-3H3/t20-/m0/s1. The van der Waals surface area contributed by atoms with Crippen LogP contribution in [0, 0.1) is 18.6 Å². The molecular weight excluding hydrogens is 388 g/mol. The number of hydrogen-bond acceptors (Lipinski definition) is 3. The Bertz CT molecular complexity index is 1030. The highest BCUT2D eigenvalue weighted by Gasteiger charge is 2.37. The highest BCUT2D eigenvalue weighted by Crippen LogP contribution is 2.39. The average Bonchev–Trinajstić information content (AvgIpc) is 2.70. The Labute approximate surface area is 174 Å². The number of carbonyl (C=O) groups excluding carboxylic acids is 2. The Hall–Kier alpha value is -3.28. The number of ether oxygens (including phenoxy) is 1. The average molecular weight is 411 g/mol. The fraction of sp³-hybridized carbons (Fsp3) is 0.250. The molecule has 156 valence electrons. The molecule has 1 amide bonds. The summed E-state index contributed by atoms with van der Waals surface area (Å²) >= 11 is 0. The van der Waals surface area contributed by atoms with E-state index < -0.39 is 23.5 Å². The summed E-state index contributed by atoms with van der Waals surface area (Å²) in [7, 11) is 0. The minimum absolute atomic E-state index is 0.0383. The number of amides is 1. The van der Waals surface area contributed by atoms with Crippen LogP contribution in [0.4, 0.5) is 8.78 Å². The Morgan fingerprint density at radius 2 is 1.97 bits per heavy atom. The van der Waals surface area contributed by atoms with Crippen LogP contribution >= 0.6 is 0 Å². The Morgan fingerprint density at radius 1 is 1.23 bits per heavy atom. The van der Waals surface area contributed by atoms with Crippen LogP contribution in [0.3, 0.4) is 0 Å². The zero-order valence-electron chi connectivity index (χ0n) is 17.0. The number of halogens is 2. The molecule has 2 aromatic carbocycles. The summed E-state index contributed by atoms with van der Waals surface area (Å²) in [5.74, 6) is -2.69. The maximum absolute atomic E-state index is 14.2. The highest BCUT2D eigenvalue weighted by atomic mass is 19.1. The molecule has 6 heteroatoms. The molecule has 1 atom stereocenters. The third kappa shape index (κ3) is 4.32. The first kappa shape index (κ1) is 21.4. The summed E-state index contributed by atoms with van der Waals surface area (Å²) in [5.41, 5.74) is 2.74. The lowest BCUT2D eigenvalue weighted by Crippen LogP contribution is -2.38. The van der Waals surface area contributed by atoms with Crippen molar-refractivity contribution in [3.8, 4) is 0 Å². The molecule has 30 heavy (non-hydrogen) atoms. The Kier molecular flexibility index (Phi) is 6.45. The van der Waals surface area contributed by atoms with Gasteiger partial charge in [-0.3, -0.25) is 4.79 Å². The minimum Gasteiger partial charge on any atom is -0.458 e. The second-order valence-electron chi connectivity index (χ2n) is 7.22. The summed E-state index contributed by atoms with van der Waals surface area (Å²) in [4.78, 5) is 27.2. The number of benzene rings is 2. The smallest absolute Gasteiger partial charge is 0.336 e. The fourth-order valence-electron chi connectivity index (χ4n) is 3.74. The molecule has 1 aliphatic heterocycles. The van der Waals surface area contributed by atoms with Crippen LogP contribution in [-0.2, 0) is 20.9 Å². The van der Waals surface area contributed by atoms with Crippen LogP contribution in [0.15, 0.2) is 66.4 Å². The van der Waals surface area contributed by atoms with Crippen molar-refractivity contribution in [3.63, 3.8) is 0 Å². The van der Waals surface area contributed by atoms with Crippen LogP contribution < -0.4 is 0 Å². The van der Waals surface area contributed by atoms with Gasteiger partial charge in [0.1, 0.15) is 18.2 Å². The van der Waals surface area contributed by atoms with Crippen LogP contribution in [-0.4, -0.2) is 23.4 Å². The molecule has 0 unspecified atom stereocenters. The zero-order valence-corrected chi connectivity index (χ0v) is 17.0. The highest BCUT2D eigenvalue weighted by molar-refractivity contribution is 5.96. The number of nitrogens with zero attached hydrogens (tertiary/aromatic N) is 1. The molecule has 1 heterocycles. The molecular formula is C24H23F2NO3. The molecule has 4 nitrogen and oxygen atoms in total. The second kappa shape index (κ2) is 9.03. The number of esters is 1. The van der Waals surface area contributed by atoms with Gasteiger partial charge >= 0.3 is 5.97 Å². The summed E-state index contributed by atoms with van der Waals surface area (Å²) < 4.78 is 32.7. The van der Waals surface area contributed by atoms with E-state index in [1.165, 1.54) is 17.0 Å². The van der Waals surface area contributed by atoms with Crippen molar-refractivity contribution in [1.29, 1.82) is 0 Å². The summed E-state index contributed by atoms with van der Waals surface area (Å²) in [6.45, 7) is 7.06. The number of aryl methyl sites for hydroxylation is 1. The quantitative estimate of drug-likeness (QED) is 0.507. The lowest BCUT2D eigenvalue weighted by Gasteiger charge is -2.35. The van der Waals surface area contributed by atoms with Crippen molar-refractivity contribution in [3.05, 3.63) is 94.7 Å². The van der Waals surface area contributed by atoms with Crippen LogP contribution in [0.1, 0.15) is 36.0 Å². The van der Waals surface area contributed by atoms with E-state index in [9.17, 15) is 18.4 Å². The third-order valence-corrected chi connectivity index (χ3v) is 5.28. The number of carbonyl (C=O) groups is 2. The van der Waals surface area contributed by atoms with Crippen molar-refractivity contribution < 1.29 is 23.1 Å². The number of rotatable bonds is 6. The molecule has 0 N–H and O–H groups in total. The third-order valence-electron chi connectivity index (χ3n) is 5.28. The topological polar surface area (TPSA) is 46.6 Å². The zero-order chi connectivity index (χ0) is 21.8. The second-order valence-corrected chi connectivity index (χ2v) is 7.22. The maximum atomic E-state index is 14.2. The van der Waals surface area contributed by atoms with E-state index in [0.29, 0.717) is 11.3 Å². The Morgan fingerprint density at radius 3 is 2.63 bits per heavy atom. The monoisotopic (exact) mass is 411 g/mol. The van der Waals surface area contributed by atoms with Crippen LogP contribution in [0.2, 0.25) is 0 Å². The van der Waals surface area contributed by atoms with Gasteiger partial charge in [0.05, 0.1) is 12.1 Å². The minimum atomic E-state index is -0.743. The van der Waals surface area contributed by atoms with E-state index in [4.69, 9.17) is 4.74 Å². The first-order valence-corrected chi connectivity index (χ1v) is 9.62. The summed E-state index contributed by atoms with van der Waals surface area (Å²) in [6.07, 6.45) is 1.51. The van der Waals surface area contributed by atoms with Crippen molar-refractivity contribution >= 4 is 11.9 Å². The van der Waals surface area contributed by atoms with E-state index in [1.807, 2.05) is 31.2 Å². The molecule has 0 aromatic heterocycles. The molecule has 1 aliphatic rings. The molecule has 0 bridgehead atoms. The van der Waals surface area contributed by atoms with Crippen LogP contribution in [0.5, 0.6) is 0 Å². The number of allylic oxidation sites excluding steroid dienone is 1. The van der Waals surface area contributed by atoms with Gasteiger partial charge in [-0.1, -0.05) is 43.0 Å². The van der Waals surface area contributed by atoms with Crippen molar-refractivity contribution in [2.45, 2.75) is 32.7 Å². The molecule has 0 radical (unpaired) electrons. The van der Waals surface area contributed by atoms with E-state index in [-0.39, 0.29) is 31.0 Å². The first-order valence-electron chi connectivity index (χ1n) is 9.62. The summed E-state index contributed by atoms with van der Waals surface area (Å²) in [6, 6.07) is 10.8. The van der Waals surface area contributed by atoms with Crippen LogP contribution in [0.25, 0.3) is 0 Å². The first-order chi connectivity index (χ1) is 14.3. The predicted octanol–water partition coefficient (Wildman–Crippen LogP) is 4.79. The van der Waals surface area contributed by atoms with E-state index in [1.54, 1.807) is 6.92 Å². The molecule has 0 spiro atoms. The molecule has 0 aliphatic carbocycles. The van der Waals surface area contributed by atoms with E-state index >= 15 is 0 Å². The maximum Gasteiger partial charge on any atom is 0.336 e. The molecule has 0 fully saturated rings. The predicted molar refractivity (Wildman–Crippen MR) is 109 cm³/mol. The molecule has 0 saturated heterocycles. The van der Waals surface area contributed by atoms with Gasteiger partial charge in [0, 0.05) is 29.7 Å². The fourth-order valence-corrected chi connectivity index (χ4v) is 3.74. The van der Waals surface area contributed by atoms with E-state index in [2.05, 4.69) is 6.58 Å². The van der Waals surface area contributed by atoms with Gasteiger partial charge < -0.3 is 9.64 Å². The normalized spacial score (nSPS) is 16.6. The van der Waals surface area contributed by atoms with Gasteiger partial charge in [-0.15, -0.1) is 0 Å². The van der Waals surface area contributed by atoms with Crippen molar-refractivity contribution in [1.82, 2.24) is 4.90 Å². The van der Waals surface area contributed by atoms with E-state index in [0.717, 1.165) is 23.3 Å². The van der Waals surface area contributed by atoms with Gasteiger partial charge in [-0.25, -0.2) is 13.6 Å². The largest absolute Gasteiger partial charge is 0.458 e.